The van der Waals surface area contributed by atoms with Crippen LogP contribution >= 0.6 is 0 Å². The van der Waals surface area contributed by atoms with Crippen LogP contribution in [0.4, 0.5) is 10.6 Å². The van der Waals surface area contributed by atoms with E-state index >= 15 is 0 Å². The van der Waals surface area contributed by atoms with E-state index in [2.05, 4.69) is 15.5 Å². The van der Waals surface area contributed by atoms with Crippen LogP contribution in [-0.2, 0) is 11.3 Å². The lowest BCUT2D eigenvalue weighted by atomic mass is 10.0. The second-order valence-electron chi connectivity index (χ2n) is 5.87. The Morgan fingerprint density at radius 1 is 1.23 bits per heavy atom. The third kappa shape index (κ3) is 4.11. The van der Waals surface area contributed by atoms with E-state index in [0.717, 1.165) is 10.9 Å². The third-order valence-electron chi connectivity index (χ3n) is 3.99. The van der Waals surface area contributed by atoms with Crippen LogP contribution in [0.15, 0.2) is 48.5 Å². The Morgan fingerprint density at radius 2 is 2.00 bits per heavy atom. The molecule has 3 rings (SSSR count). The van der Waals surface area contributed by atoms with E-state index in [1.165, 1.54) is 0 Å². The number of carbonyl (C=O) groups is 1. The number of ether oxygens (including phenoxy) is 1. The lowest BCUT2D eigenvalue weighted by Crippen LogP contribution is -2.35. The van der Waals surface area contributed by atoms with Crippen molar-refractivity contribution in [2.24, 2.45) is 0 Å². The van der Waals surface area contributed by atoms with Gasteiger partial charge < -0.3 is 26.0 Å². The molecule has 8 nitrogen and oxygen atoms in total. The summed E-state index contributed by atoms with van der Waals surface area (Å²) in [6, 6.07) is 14.3. The van der Waals surface area contributed by atoms with Crippen molar-refractivity contribution in [2.45, 2.75) is 18.8 Å². The van der Waals surface area contributed by atoms with Gasteiger partial charge in [-0.2, -0.15) is 5.10 Å². The number of benzene rings is 2. The average molecular weight is 356 g/mol. The number of nitrogens with zero attached hydrogens (tertiary/aromatic N) is 1. The molecule has 1 heterocycles. The zero-order valence-electron chi connectivity index (χ0n) is 13.9. The number of nitrogens with two attached hydrogens (primary N) is 1. The first kappa shape index (κ1) is 17.7. The first-order valence-corrected chi connectivity index (χ1v) is 8.09. The molecule has 136 valence electrons. The lowest BCUT2D eigenvalue weighted by Gasteiger charge is -2.18. The smallest absolute Gasteiger partial charge is 0.407 e. The molecule has 1 amide bonds. The zero-order valence-corrected chi connectivity index (χ0v) is 13.9. The van der Waals surface area contributed by atoms with E-state index in [0.29, 0.717) is 16.9 Å². The second-order valence-corrected chi connectivity index (χ2v) is 5.87. The SMILES string of the molecule is Nc1n[nH]c2cc(C(O)C(O)CNC(=O)OCc3ccccc3)ccc12. The van der Waals surface area contributed by atoms with E-state index < -0.39 is 18.3 Å². The highest BCUT2D eigenvalue weighted by Crippen LogP contribution is 2.24. The predicted molar refractivity (Wildman–Crippen MR) is 96.1 cm³/mol. The van der Waals surface area contributed by atoms with Crippen molar-refractivity contribution in [3.05, 3.63) is 59.7 Å². The minimum absolute atomic E-state index is 0.128. The van der Waals surface area contributed by atoms with Crippen molar-refractivity contribution < 1.29 is 19.7 Å². The van der Waals surface area contributed by atoms with Crippen LogP contribution in [0.5, 0.6) is 0 Å². The number of alkyl carbamates (subject to hydrolysis) is 1. The highest BCUT2D eigenvalue weighted by atomic mass is 16.5. The standard InChI is InChI=1S/C18H20N4O4/c19-17-13-7-6-12(8-14(13)21-22-17)16(24)15(23)9-20-18(25)26-10-11-4-2-1-3-5-11/h1-8,15-16,23-24H,9-10H2,(H,20,25)(H3,19,21,22). The molecule has 6 N–H and O–H groups in total. The summed E-state index contributed by atoms with van der Waals surface area (Å²) in [5.74, 6) is 0.365. The number of hydrogen-bond acceptors (Lipinski definition) is 6. The quantitative estimate of drug-likeness (QED) is 0.454. The summed E-state index contributed by atoms with van der Waals surface area (Å²) in [6.45, 7) is -0.0266. The fourth-order valence-electron chi connectivity index (χ4n) is 2.54. The summed E-state index contributed by atoms with van der Waals surface area (Å²) in [7, 11) is 0. The van der Waals surface area contributed by atoms with Crippen LogP contribution in [0.2, 0.25) is 0 Å². The van der Waals surface area contributed by atoms with Gasteiger partial charge in [-0.3, -0.25) is 5.10 Å². The van der Waals surface area contributed by atoms with Gasteiger partial charge in [0.15, 0.2) is 5.82 Å². The largest absolute Gasteiger partial charge is 0.445 e. The van der Waals surface area contributed by atoms with Crippen molar-refractivity contribution in [3.63, 3.8) is 0 Å². The molecule has 0 aliphatic carbocycles. The molecule has 2 aromatic carbocycles. The van der Waals surface area contributed by atoms with Crippen LogP contribution in [0.25, 0.3) is 10.9 Å². The van der Waals surface area contributed by atoms with Crippen LogP contribution in [0, 0.1) is 0 Å². The number of aromatic amines is 1. The summed E-state index contributed by atoms with van der Waals surface area (Å²) in [6.07, 6.45) is -3.05. The van der Waals surface area contributed by atoms with E-state index in [-0.39, 0.29) is 13.2 Å². The number of H-pyrrole nitrogens is 1. The van der Waals surface area contributed by atoms with Gasteiger partial charge in [-0.05, 0) is 23.3 Å². The molecule has 0 saturated heterocycles. The number of nitrogens with one attached hydrogen (secondary N) is 2. The Kier molecular flexibility index (Phi) is 5.35. The van der Waals surface area contributed by atoms with Gasteiger partial charge in [-0.25, -0.2) is 4.79 Å². The van der Waals surface area contributed by atoms with Gasteiger partial charge in [0.1, 0.15) is 18.8 Å². The molecule has 0 fully saturated rings. The molecule has 8 heteroatoms. The molecule has 0 aliphatic rings. The molecule has 0 aliphatic heterocycles. The number of aromatic nitrogens is 2. The fraction of sp³-hybridized carbons (Fsp3) is 0.222. The minimum atomic E-state index is -1.20. The van der Waals surface area contributed by atoms with E-state index in [4.69, 9.17) is 10.5 Å². The minimum Gasteiger partial charge on any atom is -0.445 e. The maximum Gasteiger partial charge on any atom is 0.407 e. The zero-order chi connectivity index (χ0) is 18.5. The van der Waals surface area contributed by atoms with Gasteiger partial charge >= 0.3 is 6.09 Å². The summed E-state index contributed by atoms with van der Waals surface area (Å²) < 4.78 is 5.05. The van der Waals surface area contributed by atoms with Gasteiger partial charge in [-0.15, -0.1) is 0 Å². The number of hydrogen-bond donors (Lipinski definition) is 5. The fourth-order valence-corrected chi connectivity index (χ4v) is 2.54. The molecule has 0 radical (unpaired) electrons. The van der Waals surface area contributed by atoms with E-state index in [9.17, 15) is 15.0 Å². The van der Waals surface area contributed by atoms with Gasteiger partial charge in [0.25, 0.3) is 0 Å². The van der Waals surface area contributed by atoms with E-state index in [1.54, 1.807) is 18.2 Å². The van der Waals surface area contributed by atoms with Crippen molar-refractivity contribution in [1.82, 2.24) is 15.5 Å². The van der Waals surface area contributed by atoms with Crippen LogP contribution in [0.1, 0.15) is 17.2 Å². The summed E-state index contributed by atoms with van der Waals surface area (Å²) in [4.78, 5) is 11.7. The predicted octanol–water partition coefficient (Wildman–Crippen LogP) is 1.47. The molecule has 0 bridgehead atoms. The number of aliphatic hydroxyl groups is 2. The molecular formula is C18H20N4O4. The van der Waals surface area contributed by atoms with Crippen molar-refractivity contribution in [2.75, 3.05) is 12.3 Å². The Morgan fingerprint density at radius 3 is 2.77 bits per heavy atom. The van der Waals surface area contributed by atoms with E-state index in [1.807, 2.05) is 30.3 Å². The van der Waals surface area contributed by atoms with Gasteiger partial charge in [0, 0.05) is 11.9 Å². The van der Waals surface area contributed by atoms with Crippen molar-refractivity contribution >= 4 is 22.8 Å². The van der Waals surface area contributed by atoms with Gasteiger partial charge in [0.05, 0.1) is 5.52 Å². The van der Waals surface area contributed by atoms with Crippen LogP contribution < -0.4 is 11.1 Å². The second kappa shape index (κ2) is 7.85. The average Bonchev–Trinajstić information content (AvgIpc) is 3.05. The van der Waals surface area contributed by atoms with Crippen LogP contribution in [-0.4, -0.2) is 39.2 Å². The Balaban J connectivity index is 1.51. The van der Waals surface area contributed by atoms with Gasteiger partial charge in [0.2, 0.25) is 0 Å². The first-order valence-electron chi connectivity index (χ1n) is 8.09. The number of fused-ring (bicyclic) bond motifs is 1. The monoisotopic (exact) mass is 356 g/mol. The summed E-state index contributed by atoms with van der Waals surface area (Å²) >= 11 is 0. The number of amides is 1. The molecule has 2 unspecified atom stereocenters. The molecule has 0 saturated carbocycles. The maximum absolute atomic E-state index is 11.7. The first-order chi connectivity index (χ1) is 12.5. The number of rotatable bonds is 6. The number of nitrogen functional groups attached to an aromatic ring is 1. The summed E-state index contributed by atoms with van der Waals surface area (Å²) in [5.41, 5.74) is 7.69. The number of anilines is 1. The normalized spacial score (nSPS) is 13.3. The van der Waals surface area contributed by atoms with Gasteiger partial charge in [-0.1, -0.05) is 36.4 Å². The number of carbonyl (C=O) groups excluding carboxylic acids is 1. The topological polar surface area (TPSA) is 133 Å². The maximum atomic E-state index is 11.7. The molecular weight excluding hydrogens is 336 g/mol. The molecule has 26 heavy (non-hydrogen) atoms. The number of aliphatic hydroxyl groups excluding tert-OH is 2. The molecule has 0 spiro atoms. The summed E-state index contributed by atoms with van der Waals surface area (Å²) in [5, 5.41) is 30.2. The highest BCUT2D eigenvalue weighted by molar-refractivity contribution is 5.88. The third-order valence-corrected chi connectivity index (χ3v) is 3.99. The Labute approximate surface area is 149 Å². The van der Waals surface area contributed by atoms with Crippen molar-refractivity contribution in [1.29, 1.82) is 0 Å². The molecule has 3 aromatic rings. The molecule has 2 atom stereocenters. The molecule has 1 aromatic heterocycles. The lowest BCUT2D eigenvalue weighted by molar-refractivity contribution is 0.0185. The Hall–Kier alpha value is -3.10. The Bertz CT molecular complexity index is 881. The van der Waals surface area contributed by atoms with Crippen molar-refractivity contribution in [3.8, 4) is 0 Å². The van der Waals surface area contributed by atoms with Crippen LogP contribution in [0.3, 0.4) is 0 Å². The highest BCUT2D eigenvalue weighted by Gasteiger charge is 2.20.